The fraction of sp³-hybridized carbons (Fsp3) is 0.286. The van der Waals surface area contributed by atoms with Gasteiger partial charge < -0.3 is 24.6 Å². The van der Waals surface area contributed by atoms with Crippen molar-refractivity contribution in [2.24, 2.45) is 0 Å². The van der Waals surface area contributed by atoms with Gasteiger partial charge in [0.1, 0.15) is 6.61 Å². The molecule has 0 aliphatic carbocycles. The average Bonchev–Trinajstić information content (AvgIpc) is 2.92. The van der Waals surface area contributed by atoms with Crippen LogP contribution >= 0.6 is 0 Å². The summed E-state index contributed by atoms with van der Waals surface area (Å²) in [6.07, 6.45) is 3.23. The van der Waals surface area contributed by atoms with Crippen molar-refractivity contribution < 1.29 is 19.3 Å². The number of para-hydroxylation sites is 2. The van der Waals surface area contributed by atoms with Crippen molar-refractivity contribution in [3.05, 3.63) is 78.1 Å². The van der Waals surface area contributed by atoms with Gasteiger partial charge in [0.05, 0.1) is 13.7 Å². The smallest absolute Gasteiger partial charge is 0.263 e. The summed E-state index contributed by atoms with van der Waals surface area (Å²) in [5, 5.41) is 12.8. The molecule has 37 heavy (non-hydrogen) atoms. The highest BCUT2D eigenvalue weighted by molar-refractivity contribution is 5.63. The van der Waals surface area contributed by atoms with E-state index in [-0.39, 0.29) is 36.1 Å². The number of ether oxygens (including phenoxy) is 3. The largest absolute Gasteiger partial charge is 0.493 e. The Labute approximate surface area is 216 Å². The summed E-state index contributed by atoms with van der Waals surface area (Å²) in [7, 11) is 1.57. The van der Waals surface area contributed by atoms with E-state index in [9.17, 15) is 5.11 Å². The predicted molar refractivity (Wildman–Crippen MR) is 141 cm³/mol. The minimum Gasteiger partial charge on any atom is -0.493 e. The third-order valence-electron chi connectivity index (χ3n) is 5.49. The van der Waals surface area contributed by atoms with E-state index in [2.05, 4.69) is 70.3 Å². The summed E-state index contributed by atoms with van der Waals surface area (Å²) in [6.45, 7) is 6.84. The standard InChI is InChI=1S/C28H31N5O4/c1-28(2,3)20-12-10-19(11-13-20)18-31-24-23(37-22-9-6-5-8-21(22)35-4)27(36-17-16-34)33-26(32-24)25-29-14-7-15-30-25/h5-15,34H,16-18H2,1-4H3,(H,31,32,33). The molecule has 0 radical (unpaired) electrons. The number of hydrogen-bond donors (Lipinski definition) is 2. The van der Waals surface area contributed by atoms with Crippen LogP contribution in [0.4, 0.5) is 5.82 Å². The molecule has 0 aliphatic rings. The molecule has 0 spiro atoms. The third-order valence-corrected chi connectivity index (χ3v) is 5.49. The Morgan fingerprint density at radius 3 is 2.22 bits per heavy atom. The van der Waals surface area contributed by atoms with E-state index in [1.54, 1.807) is 37.7 Å². The monoisotopic (exact) mass is 501 g/mol. The molecule has 0 aliphatic heterocycles. The summed E-state index contributed by atoms with van der Waals surface area (Å²) in [6, 6.07) is 17.4. The number of nitrogens with zero attached hydrogens (tertiary/aromatic N) is 4. The second-order valence-electron chi connectivity index (χ2n) is 9.23. The molecular weight excluding hydrogens is 470 g/mol. The Kier molecular flexibility index (Phi) is 8.15. The maximum Gasteiger partial charge on any atom is 0.263 e. The summed E-state index contributed by atoms with van der Waals surface area (Å²) < 4.78 is 17.5. The zero-order valence-corrected chi connectivity index (χ0v) is 21.4. The first-order valence-corrected chi connectivity index (χ1v) is 12.0. The quantitative estimate of drug-likeness (QED) is 0.309. The van der Waals surface area contributed by atoms with Crippen molar-refractivity contribution >= 4 is 5.82 Å². The van der Waals surface area contributed by atoms with Gasteiger partial charge in [0.2, 0.25) is 11.6 Å². The number of aromatic nitrogens is 4. The van der Waals surface area contributed by atoms with Crippen LogP contribution in [0.15, 0.2) is 67.0 Å². The second kappa shape index (κ2) is 11.7. The Bertz CT molecular complexity index is 1310. The number of methoxy groups -OCH3 is 1. The molecule has 9 nitrogen and oxygen atoms in total. The third kappa shape index (κ3) is 6.50. The first-order valence-electron chi connectivity index (χ1n) is 12.0. The van der Waals surface area contributed by atoms with E-state index in [0.29, 0.717) is 29.7 Å². The van der Waals surface area contributed by atoms with Crippen LogP contribution in [0.2, 0.25) is 0 Å². The normalized spacial score (nSPS) is 11.2. The fourth-order valence-electron chi connectivity index (χ4n) is 3.52. The molecule has 0 amide bonds. The van der Waals surface area contributed by atoms with E-state index < -0.39 is 0 Å². The summed E-state index contributed by atoms with van der Waals surface area (Å²) in [5.41, 5.74) is 2.38. The minimum atomic E-state index is -0.196. The van der Waals surface area contributed by atoms with Crippen molar-refractivity contribution in [1.82, 2.24) is 19.9 Å². The molecular formula is C28H31N5O4. The lowest BCUT2D eigenvalue weighted by atomic mass is 9.87. The lowest BCUT2D eigenvalue weighted by Crippen LogP contribution is -2.12. The molecule has 2 aromatic heterocycles. The highest BCUT2D eigenvalue weighted by Gasteiger charge is 2.22. The average molecular weight is 502 g/mol. The summed E-state index contributed by atoms with van der Waals surface area (Å²) in [4.78, 5) is 17.7. The van der Waals surface area contributed by atoms with Gasteiger partial charge in [-0.05, 0) is 34.7 Å². The van der Waals surface area contributed by atoms with Gasteiger partial charge in [-0.1, -0.05) is 57.2 Å². The molecule has 4 aromatic rings. The molecule has 0 bridgehead atoms. The summed E-state index contributed by atoms with van der Waals surface area (Å²) in [5.74, 6) is 2.37. The molecule has 0 fully saturated rings. The molecule has 0 atom stereocenters. The number of benzene rings is 2. The topological polar surface area (TPSA) is 112 Å². The molecule has 2 N–H and O–H groups in total. The zero-order valence-electron chi connectivity index (χ0n) is 21.4. The lowest BCUT2D eigenvalue weighted by molar-refractivity contribution is 0.192. The van der Waals surface area contributed by atoms with Gasteiger partial charge in [-0.2, -0.15) is 4.98 Å². The molecule has 0 saturated carbocycles. The van der Waals surface area contributed by atoms with E-state index in [4.69, 9.17) is 14.2 Å². The number of aliphatic hydroxyl groups excluding tert-OH is 1. The van der Waals surface area contributed by atoms with Crippen molar-refractivity contribution in [1.29, 1.82) is 0 Å². The summed E-state index contributed by atoms with van der Waals surface area (Å²) >= 11 is 0. The minimum absolute atomic E-state index is 0.0160. The van der Waals surface area contributed by atoms with Crippen LogP contribution in [0.5, 0.6) is 23.1 Å². The van der Waals surface area contributed by atoms with Crippen LogP contribution in [-0.4, -0.2) is 45.4 Å². The fourth-order valence-corrected chi connectivity index (χ4v) is 3.52. The highest BCUT2D eigenvalue weighted by atomic mass is 16.5. The number of aliphatic hydroxyl groups is 1. The molecule has 4 rings (SSSR count). The molecule has 0 unspecified atom stereocenters. The first-order chi connectivity index (χ1) is 17.9. The molecule has 2 heterocycles. The number of nitrogens with one attached hydrogen (secondary N) is 1. The van der Waals surface area contributed by atoms with Gasteiger partial charge in [0.15, 0.2) is 23.1 Å². The van der Waals surface area contributed by atoms with Crippen LogP contribution in [-0.2, 0) is 12.0 Å². The lowest BCUT2D eigenvalue weighted by Gasteiger charge is -2.20. The Morgan fingerprint density at radius 1 is 0.865 bits per heavy atom. The Morgan fingerprint density at radius 2 is 1.57 bits per heavy atom. The van der Waals surface area contributed by atoms with Crippen molar-refractivity contribution in [2.45, 2.75) is 32.7 Å². The van der Waals surface area contributed by atoms with E-state index in [1.165, 1.54) is 5.56 Å². The maximum absolute atomic E-state index is 9.41. The van der Waals surface area contributed by atoms with Crippen LogP contribution < -0.4 is 19.5 Å². The van der Waals surface area contributed by atoms with Gasteiger partial charge in [-0.3, -0.25) is 0 Å². The number of rotatable bonds is 10. The van der Waals surface area contributed by atoms with Gasteiger partial charge in [-0.15, -0.1) is 0 Å². The van der Waals surface area contributed by atoms with Crippen LogP contribution in [0.1, 0.15) is 31.9 Å². The van der Waals surface area contributed by atoms with Gasteiger partial charge >= 0.3 is 0 Å². The van der Waals surface area contributed by atoms with Crippen LogP contribution in [0, 0.1) is 0 Å². The molecule has 0 saturated heterocycles. The van der Waals surface area contributed by atoms with Crippen molar-refractivity contribution in [2.75, 3.05) is 25.6 Å². The van der Waals surface area contributed by atoms with Crippen molar-refractivity contribution in [3.8, 4) is 34.8 Å². The van der Waals surface area contributed by atoms with Crippen molar-refractivity contribution in [3.63, 3.8) is 0 Å². The first kappa shape index (κ1) is 25.8. The van der Waals surface area contributed by atoms with Gasteiger partial charge in [-0.25, -0.2) is 15.0 Å². The van der Waals surface area contributed by atoms with E-state index >= 15 is 0 Å². The van der Waals surface area contributed by atoms with Crippen LogP contribution in [0.3, 0.4) is 0 Å². The number of hydrogen-bond acceptors (Lipinski definition) is 9. The molecule has 192 valence electrons. The predicted octanol–water partition coefficient (Wildman–Crippen LogP) is 5.02. The molecule has 2 aromatic carbocycles. The second-order valence-corrected chi connectivity index (χ2v) is 9.23. The number of anilines is 1. The maximum atomic E-state index is 9.41. The molecule has 9 heteroatoms. The van der Waals surface area contributed by atoms with Gasteiger partial charge in [0, 0.05) is 18.9 Å². The zero-order chi connectivity index (χ0) is 26.3. The highest BCUT2D eigenvalue weighted by Crippen LogP contribution is 2.40. The van der Waals surface area contributed by atoms with E-state index in [1.807, 2.05) is 12.1 Å². The Balaban J connectivity index is 1.74. The SMILES string of the molecule is COc1ccccc1Oc1c(NCc2ccc(C(C)(C)C)cc2)nc(-c2ncccn2)nc1OCCO. The van der Waals surface area contributed by atoms with Gasteiger partial charge in [0.25, 0.3) is 5.88 Å². The Hall–Kier alpha value is -4.24. The van der Waals surface area contributed by atoms with E-state index in [0.717, 1.165) is 5.56 Å². The van der Waals surface area contributed by atoms with Crippen LogP contribution in [0.25, 0.3) is 11.6 Å².